The van der Waals surface area contributed by atoms with E-state index in [9.17, 15) is 4.79 Å². The number of methoxy groups -OCH3 is 1. The number of nitrogens with zero attached hydrogens (tertiary/aromatic N) is 1. The Balaban J connectivity index is 2.46. The van der Waals surface area contributed by atoms with Gasteiger partial charge in [-0.1, -0.05) is 6.07 Å². The predicted octanol–water partition coefficient (Wildman–Crippen LogP) is 1.71. The first-order chi connectivity index (χ1) is 8.12. The van der Waals surface area contributed by atoms with E-state index in [1.54, 1.807) is 25.0 Å². The van der Waals surface area contributed by atoms with Crippen molar-refractivity contribution < 1.29 is 9.53 Å². The average Bonchev–Trinajstić information content (AvgIpc) is 2.38. The maximum absolute atomic E-state index is 11.6. The van der Waals surface area contributed by atoms with Gasteiger partial charge in [-0.15, -0.1) is 11.8 Å². The SMILES string of the molecule is CNC(C)(CCSc1ccccn1)C(=O)OC. The summed E-state index contributed by atoms with van der Waals surface area (Å²) >= 11 is 1.63. The second kappa shape index (κ2) is 6.61. The Morgan fingerprint density at radius 2 is 2.35 bits per heavy atom. The van der Waals surface area contributed by atoms with Crippen LogP contribution in [0.2, 0.25) is 0 Å². The van der Waals surface area contributed by atoms with Gasteiger partial charge in [-0.3, -0.25) is 4.79 Å². The number of carbonyl (C=O) groups excluding carboxylic acids is 1. The van der Waals surface area contributed by atoms with Crippen LogP contribution in [0.15, 0.2) is 29.4 Å². The second-order valence-corrected chi connectivity index (χ2v) is 4.96. The molecular weight excluding hydrogens is 236 g/mol. The number of hydrogen-bond donors (Lipinski definition) is 1. The van der Waals surface area contributed by atoms with E-state index in [0.29, 0.717) is 6.42 Å². The normalized spacial score (nSPS) is 14.1. The summed E-state index contributed by atoms with van der Waals surface area (Å²) in [4.78, 5) is 15.8. The number of thioether (sulfide) groups is 1. The molecule has 0 aliphatic heterocycles. The van der Waals surface area contributed by atoms with E-state index in [4.69, 9.17) is 4.74 Å². The number of aromatic nitrogens is 1. The predicted molar refractivity (Wildman–Crippen MR) is 69.1 cm³/mol. The summed E-state index contributed by atoms with van der Waals surface area (Å²) in [5.41, 5.74) is -0.628. The highest BCUT2D eigenvalue weighted by Gasteiger charge is 2.31. The number of rotatable bonds is 6. The molecule has 5 heteroatoms. The largest absolute Gasteiger partial charge is 0.468 e. The van der Waals surface area contributed by atoms with E-state index in [1.807, 2.05) is 25.1 Å². The lowest BCUT2D eigenvalue weighted by Gasteiger charge is -2.25. The Bertz CT molecular complexity index is 359. The number of carbonyl (C=O) groups is 1. The van der Waals surface area contributed by atoms with Gasteiger partial charge in [0.2, 0.25) is 0 Å². The van der Waals surface area contributed by atoms with Gasteiger partial charge < -0.3 is 10.1 Å². The molecule has 0 saturated carbocycles. The first-order valence-corrected chi connectivity index (χ1v) is 6.42. The van der Waals surface area contributed by atoms with Crippen LogP contribution in [0.25, 0.3) is 0 Å². The van der Waals surface area contributed by atoms with Crippen molar-refractivity contribution in [1.82, 2.24) is 10.3 Å². The lowest BCUT2D eigenvalue weighted by Crippen LogP contribution is -2.48. The minimum Gasteiger partial charge on any atom is -0.468 e. The molecule has 0 amide bonds. The molecule has 1 N–H and O–H groups in total. The van der Waals surface area contributed by atoms with Crippen LogP contribution in [0, 0.1) is 0 Å². The second-order valence-electron chi connectivity index (χ2n) is 3.84. The molecule has 17 heavy (non-hydrogen) atoms. The van der Waals surface area contributed by atoms with E-state index in [-0.39, 0.29) is 5.97 Å². The molecule has 0 spiro atoms. The molecule has 1 unspecified atom stereocenters. The molecule has 0 fully saturated rings. The van der Waals surface area contributed by atoms with Gasteiger partial charge in [-0.05, 0) is 32.5 Å². The number of nitrogens with one attached hydrogen (secondary N) is 1. The molecule has 1 atom stereocenters. The molecule has 0 aliphatic carbocycles. The highest BCUT2D eigenvalue weighted by atomic mass is 32.2. The van der Waals surface area contributed by atoms with E-state index in [0.717, 1.165) is 10.8 Å². The van der Waals surface area contributed by atoms with Crippen molar-refractivity contribution in [1.29, 1.82) is 0 Å². The van der Waals surface area contributed by atoms with E-state index in [2.05, 4.69) is 10.3 Å². The van der Waals surface area contributed by atoms with Crippen molar-refractivity contribution in [3.8, 4) is 0 Å². The molecule has 94 valence electrons. The van der Waals surface area contributed by atoms with Gasteiger partial charge in [0.25, 0.3) is 0 Å². The number of hydrogen-bond acceptors (Lipinski definition) is 5. The molecule has 4 nitrogen and oxygen atoms in total. The molecule has 0 aromatic carbocycles. The van der Waals surface area contributed by atoms with Crippen molar-refractivity contribution in [3.63, 3.8) is 0 Å². The Morgan fingerprint density at radius 1 is 1.59 bits per heavy atom. The van der Waals surface area contributed by atoms with Gasteiger partial charge >= 0.3 is 5.97 Å². The van der Waals surface area contributed by atoms with Crippen LogP contribution in [0.3, 0.4) is 0 Å². The third-order valence-electron chi connectivity index (χ3n) is 2.68. The van der Waals surface area contributed by atoms with Gasteiger partial charge in [0.05, 0.1) is 12.1 Å². The maximum atomic E-state index is 11.6. The van der Waals surface area contributed by atoms with Crippen LogP contribution < -0.4 is 5.32 Å². The minimum absolute atomic E-state index is 0.235. The highest BCUT2D eigenvalue weighted by molar-refractivity contribution is 7.99. The zero-order valence-corrected chi connectivity index (χ0v) is 11.2. The summed E-state index contributed by atoms with van der Waals surface area (Å²) in [6, 6.07) is 5.79. The van der Waals surface area contributed by atoms with Gasteiger partial charge in [-0.25, -0.2) is 4.98 Å². The van der Waals surface area contributed by atoms with Gasteiger partial charge in [0.15, 0.2) is 0 Å². The topological polar surface area (TPSA) is 51.2 Å². The molecule has 1 rings (SSSR count). The van der Waals surface area contributed by atoms with Crippen molar-refractivity contribution in [2.45, 2.75) is 23.9 Å². The lowest BCUT2D eigenvalue weighted by molar-refractivity contribution is -0.147. The third-order valence-corrected chi connectivity index (χ3v) is 3.62. The summed E-state index contributed by atoms with van der Waals surface area (Å²) in [6.07, 6.45) is 2.46. The van der Waals surface area contributed by atoms with Crippen LogP contribution in [0.4, 0.5) is 0 Å². The number of ether oxygens (including phenoxy) is 1. The molecule has 0 aliphatic rings. The van der Waals surface area contributed by atoms with Gasteiger partial charge in [0, 0.05) is 11.9 Å². The van der Waals surface area contributed by atoms with E-state index in [1.165, 1.54) is 7.11 Å². The highest BCUT2D eigenvalue weighted by Crippen LogP contribution is 2.20. The van der Waals surface area contributed by atoms with Crippen molar-refractivity contribution in [3.05, 3.63) is 24.4 Å². The number of esters is 1. The van der Waals surface area contributed by atoms with Gasteiger partial charge in [0.1, 0.15) is 5.54 Å². The molecule has 0 radical (unpaired) electrons. The van der Waals surface area contributed by atoms with Crippen molar-refractivity contribution in [2.24, 2.45) is 0 Å². The summed E-state index contributed by atoms with van der Waals surface area (Å²) in [6.45, 7) is 1.85. The van der Waals surface area contributed by atoms with Crippen molar-refractivity contribution >= 4 is 17.7 Å². The summed E-state index contributed by atoms with van der Waals surface area (Å²) in [5, 5.41) is 3.98. The summed E-state index contributed by atoms with van der Waals surface area (Å²) in [5.74, 6) is 0.574. The molecule has 1 aromatic rings. The van der Waals surface area contributed by atoms with Crippen LogP contribution in [0.5, 0.6) is 0 Å². The average molecular weight is 254 g/mol. The monoisotopic (exact) mass is 254 g/mol. The Morgan fingerprint density at radius 3 is 2.88 bits per heavy atom. The molecule has 1 aromatic heterocycles. The van der Waals surface area contributed by atoms with Crippen LogP contribution in [-0.4, -0.2) is 36.4 Å². The summed E-state index contributed by atoms with van der Waals surface area (Å²) < 4.78 is 4.78. The first-order valence-electron chi connectivity index (χ1n) is 5.43. The molecular formula is C12H18N2O2S. The van der Waals surface area contributed by atoms with Crippen molar-refractivity contribution in [2.75, 3.05) is 19.9 Å². The molecule has 1 heterocycles. The fraction of sp³-hybridized carbons (Fsp3) is 0.500. The zero-order valence-electron chi connectivity index (χ0n) is 10.4. The van der Waals surface area contributed by atoms with Crippen LogP contribution >= 0.6 is 11.8 Å². The van der Waals surface area contributed by atoms with E-state index < -0.39 is 5.54 Å². The summed E-state index contributed by atoms with van der Waals surface area (Å²) in [7, 11) is 3.17. The Kier molecular flexibility index (Phi) is 5.44. The minimum atomic E-state index is -0.628. The Labute approximate surface area is 106 Å². The molecule has 0 bridgehead atoms. The quantitative estimate of drug-likeness (QED) is 0.619. The maximum Gasteiger partial charge on any atom is 0.325 e. The zero-order chi connectivity index (χ0) is 12.7. The number of likely N-dealkylation sites (N-methyl/N-ethyl adjacent to an activating group) is 1. The Hall–Kier alpha value is -1.07. The molecule has 0 saturated heterocycles. The van der Waals surface area contributed by atoms with Crippen LogP contribution in [-0.2, 0) is 9.53 Å². The lowest BCUT2D eigenvalue weighted by atomic mass is 10.00. The smallest absolute Gasteiger partial charge is 0.325 e. The van der Waals surface area contributed by atoms with E-state index >= 15 is 0 Å². The third kappa shape index (κ3) is 4.02. The van der Waals surface area contributed by atoms with Crippen LogP contribution in [0.1, 0.15) is 13.3 Å². The first kappa shape index (κ1) is 14.0. The fourth-order valence-corrected chi connectivity index (χ4v) is 2.38. The fourth-order valence-electron chi connectivity index (χ4n) is 1.35. The standard InChI is InChI=1S/C12H18N2O2S/c1-12(13-2,11(15)16-3)7-9-17-10-6-4-5-8-14-10/h4-6,8,13H,7,9H2,1-3H3. The number of pyridine rings is 1. The van der Waals surface area contributed by atoms with Gasteiger partial charge in [-0.2, -0.15) is 0 Å².